The van der Waals surface area contributed by atoms with E-state index in [0.29, 0.717) is 54.3 Å². The summed E-state index contributed by atoms with van der Waals surface area (Å²) in [7, 11) is 0. The molecule has 3 aromatic carbocycles. The first-order valence-corrected chi connectivity index (χ1v) is 15.1. The molecule has 7 rings (SSSR count). The van der Waals surface area contributed by atoms with Gasteiger partial charge >= 0.3 is 0 Å². The van der Waals surface area contributed by atoms with Gasteiger partial charge in [-0.05, 0) is 54.3 Å². The zero-order valence-corrected chi connectivity index (χ0v) is 24.6. The van der Waals surface area contributed by atoms with Crippen LogP contribution >= 0.6 is 0 Å². The molecule has 9 heteroatoms. The second kappa shape index (κ2) is 10.9. The maximum Gasteiger partial charge on any atom is 0.269 e. The minimum Gasteiger partial charge on any atom is -0.482 e. The zero-order valence-electron chi connectivity index (χ0n) is 24.6. The highest BCUT2D eigenvalue weighted by molar-refractivity contribution is 6.10. The molecule has 226 valence electrons. The number of hydrogen-bond donors (Lipinski definition) is 1. The zero-order chi connectivity index (χ0) is 30.6. The molecule has 0 bridgehead atoms. The van der Waals surface area contributed by atoms with E-state index in [1.54, 1.807) is 20.8 Å². The van der Waals surface area contributed by atoms with Crippen LogP contribution in [0.1, 0.15) is 36.5 Å². The van der Waals surface area contributed by atoms with Crippen LogP contribution in [-0.2, 0) is 37.7 Å². The number of carbonyl (C=O) groups is 3. The van der Waals surface area contributed by atoms with Crippen LogP contribution in [0, 0.1) is 5.92 Å². The Morgan fingerprint density at radius 3 is 2.64 bits per heavy atom. The van der Waals surface area contributed by atoms with Crippen molar-refractivity contribution >= 4 is 34.8 Å². The normalized spacial score (nSPS) is 25.5. The third kappa shape index (κ3) is 4.33. The molecule has 0 aromatic heterocycles. The first-order valence-electron chi connectivity index (χ1n) is 15.1. The fourth-order valence-corrected chi connectivity index (χ4v) is 7.37. The van der Waals surface area contributed by atoms with Crippen LogP contribution in [0.15, 0.2) is 79.4 Å². The molecule has 4 aliphatic rings. The van der Waals surface area contributed by atoms with E-state index in [1.165, 1.54) is 0 Å². The third-order valence-corrected chi connectivity index (χ3v) is 9.46. The van der Waals surface area contributed by atoms with E-state index in [4.69, 9.17) is 9.47 Å². The summed E-state index contributed by atoms with van der Waals surface area (Å²) in [4.78, 5) is 46.1. The molecule has 9 nitrogen and oxygen atoms in total. The minimum absolute atomic E-state index is 0.0896. The summed E-state index contributed by atoms with van der Waals surface area (Å²) in [5, 5.41) is 10.1. The van der Waals surface area contributed by atoms with Crippen LogP contribution in [0.2, 0.25) is 0 Å². The molecule has 1 spiro atoms. The highest BCUT2D eigenvalue weighted by atomic mass is 16.5. The molecule has 0 unspecified atom stereocenters. The van der Waals surface area contributed by atoms with Crippen LogP contribution in [0.4, 0.5) is 17.1 Å². The molecule has 1 N–H and O–H groups in total. The van der Waals surface area contributed by atoms with Crippen LogP contribution in [0.3, 0.4) is 0 Å². The lowest BCUT2D eigenvalue weighted by Gasteiger charge is -2.36. The van der Waals surface area contributed by atoms with Gasteiger partial charge in [0.25, 0.3) is 11.8 Å². The number of ether oxygens (including phenoxy) is 2. The van der Waals surface area contributed by atoms with Gasteiger partial charge in [0, 0.05) is 30.3 Å². The molecule has 0 saturated carbocycles. The average Bonchev–Trinajstić information content (AvgIpc) is 3.49. The average molecular weight is 594 g/mol. The number of nitrogens with zero attached hydrogens (tertiary/aromatic N) is 3. The lowest BCUT2D eigenvalue weighted by molar-refractivity contribution is -0.150. The van der Waals surface area contributed by atoms with Gasteiger partial charge in [-0.2, -0.15) is 0 Å². The Hall–Kier alpha value is -4.47. The van der Waals surface area contributed by atoms with Gasteiger partial charge in [-0.15, -0.1) is 6.58 Å². The molecule has 4 aliphatic heterocycles. The van der Waals surface area contributed by atoms with E-state index in [0.717, 1.165) is 11.1 Å². The Bertz CT molecular complexity index is 1670. The predicted octanol–water partition coefficient (Wildman–Crippen LogP) is 4.23. The van der Waals surface area contributed by atoms with Crippen LogP contribution in [0.5, 0.6) is 5.75 Å². The van der Waals surface area contributed by atoms with E-state index in [9.17, 15) is 19.5 Å². The Kier molecular flexibility index (Phi) is 7.02. The van der Waals surface area contributed by atoms with Crippen LogP contribution < -0.4 is 14.5 Å². The van der Waals surface area contributed by atoms with E-state index in [2.05, 4.69) is 6.58 Å². The maximum atomic E-state index is 14.2. The topological polar surface area (TPSA) is 99.6 Å². The third-order valence-electron chi connectivity index (χ3n) is 9.46. The number of aliphatic hydroxyl groups excluding tert-OH is 1. The number of amides is 3. The van der Waals surface area contributed by atoms with E-state index in [-0.39, 0.29) is 49.3 Å². The first-order chi connectivity index (χ1) is 21.3. The van der Waals surface area contributed by atoms with Crippen molar-refractivity contribution in [2.24, 2.45) is 5.92 Å². The van der Waals surface area contributed by atoms with Crippen LogP contribution in [-0.4, -0.2) is 59.6 Å². The quantitative estimate of drug-likeness (QED) is 0.430. The molecule has 1 saturated heterocycles. The molecule has 3 amide bonds. The fourth-order valence-electron chi connectivity index (χ4n) is 7.37. The van der Waals surface area contributed by atoms with Crippen LogP contribution in [0.25, 0.3) is 0 Å². The number of anilines is 3. The number of rotatable bonds is 6. The van der Waals surface area contributed by atoms with Crippen molar-refractivity contribution in [1.82, 2.24) is 4.90 Å². The van der Waals surface area contributed by atoms with Crippen molar-refractivity contribution in [3.63, 3.8) is 0 Å². The van der Waals surface area contributed by atoms with Crippen molar-refractivity contribution < 1.29 is 29.0 Å². The van der Waals surface area contributed by atoms with Gasteiger partial charge in [-0.25, -0.2) is 0 Å². The Balaban J connectivity index is 1.21. The van der Waals surface area contributed by atoms with Gasteiger partial charge < -0.3 is 24.4 Å². The Morgan fingerprint density at radius 1 is 1.07 bits per heavy atom. The summed E-state index contributed by atoms with van der Waals surface area (Å²) < 4.78 is 12.4. The second-order valence-corrected chi connectivity index (χ2v) is 12.0. The van der Waals surface area contributed by atoms with E-state index >= 15 is 0 Å². The van der Waals surface area contributed by atoms with Gasteiger partial charge in [-0.1, -0.05) is 49.4 Å². The number of benzene rings is 3. The maximum absolute atomic E-state index is 14.2. The van der Waals surface area contributed by atoms with Crippen molar-refractivity contribution in [3.8, 4) is 5.75 Å². The number of hydrogen-bond acceptors (Lipinski definition) is 6. The summed E-state index contributed by atoms with van der Waals surface area (Å²) in [6, 6.07) is 20.6. The molecular weight excluding hydrogens is 558 g/mol. The number of aliphatic hydroxyl groups is 1. The number of fused-ring (bicyclic) bond motifs is 4. The standard InChI is InChI=1S/C35H35N3O6/c1-3-14-36-29-13-12-25(38-30-10-6-7-11-31(30)43-21-33(38)41)17-28(29)35(34(36)42)22(2)15-27(44-35)18-32(40)37-19-24-9-5-4-8-23(24)16-26(37)20-39/h3-13,17,22,26-27,39H,1,14-16,18-21H2,2H3/t22-,26+,27-,35+/m1/s1. The largest absolute Gasteiger partial charge is 0.482 e. The van der Waals surface area contributed by atoms with Gasteiger partial charge in [0.2, 0.25) is 5.91 Å². The lowest BCUT2D eigenvalue weighted by atomic mass is 9.82. The molecule has 44 heavy (non-hydrogen) atoms. The highest BCUT2D eigenvalue weighted by Gasteiger charge is 2.60. The predicted molar refractivity (Wildman–Crippen MR) is 165 cm³/mol. The monoisotopic (exact) mass is 593 g/mol. The lowest BCUT2D eigenvalue weighted by Crippen LogP contribution is -2.47. The second-order valence-electron chi connectivity index (χ2n) is 12.0. The van der Waals surface area contributed by atoms with Crippen molar-refractivity contribution in [2.75, 3.05) is 29.6 Å². The summed E-state index contributed by atoms with van der Waals surface area (Å²) in [5.74, 6) is -0.140. The van der Waals surface area contributed by atoms with E-state index < -0.39 is 11.7 Å². The highest BCUT2D eigenvalue weighted by Crippen LogP contribution is 2.55. The molecule has 4 heterocycles. The van der Waals surface area contributed by atoms with Crippen molar-refractivity contribution in [3.05, 3.63) is 96.1 Å². The number of carbonyl (C=O) groups excluding carboxylic acids is 3. The summed E-state index contributed by atoms with van der Waals surface area (Å²) in [6.45, 7) is 6.36. The van der Waals surface area contributed by atoms with Gasteiger partial charge in [-0.3, -0.25) is 19.3 Å². The van der Waals surface area contributed by atoms with Gasteiger partial charge in [0.05, 0.1) is 36.5 Å². The molecule has 3 aromatic rings. The van der Waals surface area contributed by atoms with Crippen molar-refractivity contribution in [1.29, 1.82) is 0 Å². The van der Waals surface area contributed by atoms with E-state index in [1.807, 2.05) is 73.7 Å². The molecule has 1 fully saturated rings. The summed E-state index contributed by atoms with van der Waals surface area (Å²) >= 11 is 0. The fraction of sp³-hybridized carbons (Fsp3) is 0.343. The first kappa shape index (κ1) is 28.3. The molecule has 4 atom stereocenters. The Labute approximate surface area is 256 Å². The van der Waals surface area contributed by atoms with Crippen molar-refractivity contribution in [2.45, 2.75) is 50.5 Å². The summed E-state index contributed by atoms with van der Waals surface area (Å²) in [5.41, 5.74) is 3.56. The molecule has 0 radical (unpaired) electrons. The SMILES string of the molecule is C=CCN1C(=O)[C@@]2(O[C@@H](CC(=O)N3Cc4ccccc4C[C@H]3CO)C[C@H]2C)c2cc(N3C(=O)COc4ccccc43)ccc21. The molecular formula is C35H35N3O6. The van der Waals surface area contributed by atoms with Gasteiger partial charge in [0.1, 0.15) is 5.75 Å². The molecule has 0 aliphatic carbocycles. The number of para-hydroxylation sites is 2. The minimum atomic E-state index is -1.31. The Morgan fingerprint density at radius 2 is 1.84 bits per heavy atom. The van der Waals surface area contributed by atoms with Gasteiger partial charge in [0.15, 0.2) is 12.2 Å². The smallest absolute Gasteiger partial charge is 0.269 e. The summed E-state index contributed by atoms with van der Waals surface area (Å²) in [6.07, 6.45) is 2.39.